The van der Waals surface area contributed by atoms with Crippen molar-refractivity contribution in [3.63, 3.8) is 0 Å². The fraction of sp³-hybridized carbons (Fsp3) is 0.966. The molecule has 0 bridgehead atoms. The van der Waals surface area contributed by atoms with Gasteiger partial charge in [0, 0.05) is 12.8 Å². The van der Waals surface area contributed by atoms with Crippen LogP contribution >= 0.6 is 0 Å². The Morgan fingerprint density at radius 1 is 0.268 bits per heavy atom. The monoisotopic (exact) mass is 1370 g/mol. The van der Waals surface area contributed by atoms with Crippen molar-refractivity contribution in [1.82, 2.24) is 0 Å². The first-order valence-corrected chi connectivity index (χ1v) is 44.2. The maximum atomic E-state index is 13.0. The number of carbonyl (C=O) groups excluding carboxylic acids is 2. The minimum absolute atomic E-state index is 0.171. The van der Waals surface area contributed by atoms with Gasteiger partial charge in [0.1, 0.15) is 13.2 Å². The second-order valence-corrected chi connectivity index (χ2v) is 31.9. The van der Waals surface area contributed by atoms with E-state index in [1.165, 1.54) is 424 Å². The molecule has 9 nitrogen and oxygen atoms in total. The number of unbranched alkanes of at least 4 members (excludes halogenated alkanes) is 70. The first-order valence-electron chi connectivity index (χ1n) is 44.2. The SMILES string of the molecule is CCCCCCCCCCCCCCCCCCCCCCCCCCCCCCCCCCCCCCCCCCC(=O)OC(COC(=O)CCCCCCCCCCCCCCCCCCCCCCCCCCCCCCCCCC)COC(OCC[N+](C)(C)C)C(=O)O. The lowest BCUT2D eigenvalue weighted by atomic mass is 10.0. The summed E-state index contributed by atoms with van der Waals surface area (Å²) in [6.45, 7) is 4.99. The minimum atomic E-state index is -1.51. The summed E-state index contributed by atoms with van der Waals surface area (Å²) in [5, 5.41) is 9.79. The number of carboxylic acid groups (broad SMARTS) is 1. The summed E-state index contributed by atoms with van der Waals surface area (Å²) in [5.74, 6) is -1.96. The quantitative estimate of drug-likeness (QED) is 0.0278. The molecule has 0 aromatic rings. The van der Waals surface area contributed by atoms with Crippen molar-refractivity contribution in [2.75, 3.05) is 47.5 Å². The van der Waals surface area contributed by atoms with Crippen LogP contribution in [0.15, 0.2) is 0 Å². The number of nitrogens with zero attached hydrogens (tertiary/aromatic N) is 1. The van der Waals surface area contributed by atoms with Gasteiger partial charge in [0.15, 0.2) is 6.10 Å². The van der Waals surface area contributed by atoms with Crippen molar-refractivity contribution in [2.24, 2.45) is 0 Å². The zero-order valence-corrected chi connectivity index (χ0v) is 66.6. The van der Waals surface area contributed by atoms with E-state index in [9.17, 15) is 19.5 Å². The average molecular weight is 1370 g/mol. The first kappa shape index (κ1) is 95.3. The fourth-order valence-electron chi connectivity index (χ4n) is 14.1. The fourth-order valence-corrected chi connectivity index (χ4v) is 14.1. The minimum Gasteiger partial charge on any atom is -0.477 e. The lowest BCUT2D eigenvalue weighted by molar-refractivity contribution is -0.870. The van der Waals surface area contributed by atoms with Gasteiger partial charge in [-0.1, -0.05) is 463 Å². The van der Waals surface area contributed by atoms with E-state index in [4.69, 9.17) is 18.9 Å². The lowest BCUT2D eigenvalue weighted by Crippen LogP contribution is -2.40. The average Bonchev–Trinajstić information content (AvgIpc) is 2.30. The first-order chi connectivity index (χ1) is 47.6. The normalized spacial score (nSPS) is 12.5. The number of quaternary nitrogens is 1. The van der Waals surface area contributed by atoms with Gasteiger partial charge in [0.2, 0.25) is 0 Å². The van der Waals surface area contributed by atoms with E-state index in [0.717, 1.165) is 38.5 Å². The third-order valence-electron chi connectivity index (χ3n) is 20.9. The highest BCUT2D eigenvalue weighted by Crippen LogP contribution is 2.22. The van der Waals surface area contributed by atoms with Crippen LogP contribution < -0.4 is 0 Å². The largest absolute Gasteiger partial charge is 0.477 e. The summed E-state index contributed by atoms with van der Waals surface area (Å²) in [6, 6.07) is 0. The highest BCUT2D eigenvalue weighted by atomic mass is 16.7. The van der Waals surface area contributed by atoms with Gasteiger partial charge >= 0.3 is 17.9 Å². The number of hydrogen-bond donors (Lipinski definition) is 1. The van der Waals surface area contributed by atoms with Gasteiger partial charge in [0.25, 0.3) is 6.29 Å². The summed E-state index contributed by atoms with van der Waals surface area (Å²) in [6.07, 6.45) is 97.4. The molecule has 0 aliphatic heterocycles. The number of ether oxygens (including phenoxy) is 4. The van der Waals surface area contributed by atoms with E-state index in [2.05, 4.69) is 13.8 Å². The van der Waals surface area contributed by atoms with Gasteiger partial charge < -0.3 is 28.5 Å². The predicted molar refractivity (Wildman–Crippen MR) is 420 cm³/mol. The van der Waals surface area contributed by atoms with Crippen LogP contribution in [0.25, 0.3) is 0 Å². The summed E-state index contributed by atoms with van der Waals surface area (Å²) in [7, 11) is 6.01. The van der Waals surface area contributed by atoms with Gasteiger partial charge in [-0.3, -0.25) is 9.59 Å². The predicted octanol–water partition coefficient (Wildman–Crippen LogP) is 28.5. The van der Waals surface area contributed by atoms with Crippen LogP contribution in [0, 0.1) is 0 Å². The molecular formula is C88H174NO8+. The molecular weight excluding hydrogens is 1200 g/mol. The second-order valence-electron chi connectivity index (χ2n) is 31.9. The highest BCUT2D eigenvalue weighted by Gasteiger charge is 2.25. The Bertz CT molecular complexity index is 1550. The highest BCUT2D eigenvalue weighted by molar-refractivity contribution is 5.71. The molecule has 0 aliphatic rings. The van der Waals surface area contributed by atoms with E-state index < -0.39 is 18.4 Å². The standard InChI is InChI=1S/C88H173NO8/c1-6-8-10-12-14-16-18-20-22-24-26-28-30-32-34-36-38-40-41-42-43-44-45-46-47-49-51-53-55-57-59-61-63-65-67-69-71-73-75-77-79-86(91)97-84(83-96-88(87(92)93)94-81-80-89(3,4)5)82-95-85(90)78-76-74-72-70-68-66-64-62-60-58-56-54-52-50-48-39-37-35-33-31-29-27-25-23-21-19-17-15-13-11-9-7-2/h84,88H,6-83H2,1-5H3/p+1. The van der Waals surface area contributed by atoms with Gasteiger partial charge in [-0.05, 0) is 12.8 Å². The van der Waals surface area contributed by atoms with E-state index >= 15 is 0 Å². The lowest BCUT2D eigenvalue weighted by Gasteiger charge is -2.25. The van der Waals surface area contributed by atoms with E-state index in [0.29, 0.717) is 17.4 Å². The molecule has 2 unspecified atom stereocenters. The number of esters is 2. The van der Waals surface area contributed by atoms with Crippen molar-refractivity contribution in [1.29, 1.82) is 0 Å². The van der Waals surface area contributed by atoms with Crippen LogP contribution in [-0.2, 0) is 33.3 Å². The van der Waals surface area contributed by atoms with Crippen LogP contribution in [0.4, 0.5) is 0 Å². The zero-order valence-electron chi connectivity index (χ0n) is 66.6. The molecule has 9 heteroatoms. The van der Waals surface area contributed by atoms with Gasteiger partial charge in [-0.2, -0.15) is 0 Å². The Kier molecular flexibility index (Phi) is 78.6. The van der Waals surface area contributed by atoms with Crippen molar-refractivity contribution < 1.29 is 42.9 Å². The molecule has 0 radical (unpaired) electrons. The molecule has 2 atom stereocenters. The summed E-state index contributed by atoms with van der Waals surface area (Å²) >= 11 is 0. The Morgan fingerprint density at radius 3 is 0.660 bits per heavy atom. The molecule has 0 aromatic carbocycles. The van der Waals surface area contributed by atoms with Crippen molar-refractivity contribution in [2.45, 2.75) is 501 Å². The molecule has 1 N–H and O–H groups in total. The van der Waals surface area contributed by atoms with Crippen LogP contribution in [0.2, 0.25) is 0 Å². The number of likely N-dealkylation sites (N-methyl/N-ethyl adjacent to an activating group) is 1. The van der Waals surface area contributed by atoms with Crippen LogP contribution in [-0.4, -0.2) is 87.4 Å². The van der Waals surface area contributed by atoms with E-state index in [1.807, 2.05) is 21.1 Å². The van der Waals surface area contributed by atoms with Crippen molar-refractivity contribution in [3.05, 3.63) is 0 Å². The van der Waals surface area contributed by atoms with Crippen molar-refractivity contribution >= 4 is 17.9 Å². The molecule has 0 rings (SSSR count). The third kappa shape index (κ3) is 81.5. The van der Waals surface area contributed by atoms with Gasteiger partial charge in [-0.25, -0.2) is 4.79 Å². The van der Waals surface area contributed by atoms with Gasteiger partial charge in [-0.15, -0.1) is 0 Å². The summed E-state index contributed by atoms with van der Waals surface area (Å²) in [4.78, 5) is 37.8. The van der Waals surface area contributed by atoms with Crippen LogP contribution in [0.5, 0.6) is 0 Å². The van der Waals surface area contributed by atoms with Crippen molar-refractivity contribution in [3.8, 4) is 0 Å². The number of aliphatic carboxylic acids is 1. The maximum absolute atomic E-state index is 13.0. The molecule has 0 spiro atoms. The zero-order chi connectivity index (χ0) is 70.4. The molecule has 0 saturated heterocycles. The molecule has 578 valence electrons. The molecule has 0 aromatic heterocycles. The number of carbonyl (C=O) groups is 3. The smallest absolute Gasteiger partial charge is 0.361 e. The summed E-state index contributed by atoms with van der Waals surface area (Å²) in [5.41, 5.74) is 0. The Morgan fingerprint density at radius 2 is 0.464 bits per heavy atom. The van der Waals surface area contributed by atoms with E-state index in [1.54, 1.807) is 0 Å². The number of hydrogen-bond acceptors (Lipinski definition) is 7. The third-order valence-corrected chi connectivity index (χ3v) is 20.9. The topological polar surface area (TPSA) is 108 Å². The molecule has 0 aliphatic carbocycles. The number of carboxylic acids is 1. The second kappa shape index (κ2) is 80.0. The molecule has 0 heterocycles. The number of rotatable bonds is 85. The Balaban J connectivity index is 3.88. The van der Waals surface area contributed by atoms with Crippen LogP contribution in [0.3, 0.4) is 0 Å². The Hall–Kier alpha value is -1.71. The molecule has 97 heavy (non-hydrogen) atoms. The van der Waals surface area contributed by atoms with Crippen LogP contribution in [0.1, 0.15) is 489 Å². The maximum Gasteiger partial charge on any atom is 0.361 e. The Labute approximate surface area is 606 Å². The molecule has 0 saturated carbocycles. The molecule has 0 fully saturated rings. The van der Waals surface area contributed by atoms with Gasteiger partial charge in [0.05, 0.1) is 34.4 Å². The molecule has 0 amide bonds. The van der Waals surface area contributed by atoms with E-state index in [-0.39, 0.29) is 38.2 Å². The summed E-state index contributed by atoms with van der Waals surface area (Å²) < 4.78 is 23.1.